The van der Waals surface area contributed by atoms with Gasteiger partial charge in [0.15, 0.2) is 11.5 Å². The second kappa shape index (κ2) is 18.9. The van der Waals surface area contributed by atoms with Gasteiger partial charge >= 0.3 is 0 Å². The summed E-state index contributed by atoms with van der Waals surface area (Å²) in [5, 5.41) is 0. The second-order valence-electron chi connectivity index (χ2n) is 14.2. The van der Waals surface area contributed by atoms with Crippen molar-refractivity contribution < 1.29 is 23.8 Å². The lowest BCUT2D eigenvalue weighted by Crippen LogP contribution is -2.35. The Bertz CT molecular complexity index is 1690. The van der Waals surface area contributed by atoms with Gasteiger partial charge in [0.2, 0.25) is 0 Å². The third-order valence-corrected chi connectivity index (χ3v) is 10.2. The van der Waals surface area contributed by atoms with Gasteiger partial charge in [-0.05, 0) is 76.0 Å². The minimum atomic E-state index is -0.0331. The van der Waals surface area contributed by atoms with Crippen molar-refractivity contribution in [2.24, 2.45) is 21.8 Å². The molecule has 2 amide bonds. The van der Waals surface area contributed by atoms with E-state index in [1.807, 2.05) is 75.0 Å². The number of fused-ring (bicyclic) bond motifs is 4. The average Bonchev–Trinajstić information content (AvgIpc) is 3.72. The molecule has 0 aromatic heterocycles. The lowest BCUT2D eigenvalue weighted by Gasteiger charge is -2.20. The Labute approximate surface area is 311 Å². The number of aliphatic imine (C=N–C) groups is 2. The minimum Gasteiger partial charge on any atom is -0.493 e. The van der Waals surface area contributed by atoms with Crippen molar-refractivity contribution in [3.63, 3.8) is 0 Å². The summed E-state index contributed by atoms with van der Waals surface area (Å²) >= 11 is 0. The quantitative estimate of drug-likeness (QED) is 0.229. The van der Waals surface area contributed by atoms with E-state index in [2.05, 4.69) is 49.8 Å². The molecular formula is C43H60N4O5. The molecule has 282 valence electrons. The highest BCUT2D eigenvalue weighted by molar-refractivity contribution is 6.04. The molecule has 2 aromatic carbocycles. The van der Waals surface area contributed by atoms with Crippen LogP contribution in [0.2, 0.25) is 0 Å². The van der Waals surface area contributed by atoms with Gasteiger partial charge in [-0.15, -0.1) is 0 Å². The molecule has 4 aliphatic heterocycles. The molecule has 0 N–H and O–H groups in total. The van der Waals surface area contributed by atoms with Crippen molar-refractivity contribution in [1.29, 1.82) is 0 Å². The van der Waals surface area contributed by atoms with Crippen LogP contribution in [0, 0.1) is 18.8 Å². The van der Waals surface area contributed by atoms with E-state index < -0.39 is 0 Å². The number of rotatable bonds is 10. The summed E-state index contributed by atoms with van der Waals surface area (Å²) < 4.78 is 17.9. The van der Waals surface area contributed by atoms with Crippen LogP contribution in [0.25, 0.3) is 0 Å². The molecule has 6 rings (SSSR count). The average molecular weight is 713 g/mol. The topological polar surface area (TPSA) is 93.0 Å². The van der Waals surface area contributed by atoms with Gasteiger partial charge < -0.3 is 24.0 Å². The highest BCUT2D eigenvalue weighted by atomic mass is 16.5. The lowest BCUT2D eigenvalue weighted by atomic mass is 10.0. The fourth-order valence-corrected chi connectivity index (χ4v) is 6.43. The Morgan fingerprint density at radius 2 is 1.23 bits per heavy atom. The van der Waals surface area contributed by atoms with Crippen LogP contribution >= 0.6 is 0 Å². The van der Waals surface area contributed by atoms with Crippen LogP contribution in [-0.2, 0) is 0 Å². The summed E-state index contributed by atoms with van der Waals surface area (Å²) in [6.45, 7) is 21.2. The van der Waals surface area contributed by atoms with Crippen LogP contribution in [0.4, 0.5) is 11.4 Å². The molecule has 2 aromatic rings. The van der Waals surface area contributed by atoms with Gasteiger partial charge in [-0.3, -0.25) is 19.6 Å². The third-order valence-electron chi connectivity index (χ3n) is 10.2. The van der Waals surface area contributed by atoms with Crippen LogP contribution < -0.4 is 14.2 Å². The summed E-state index contributed by atoms with van der Waals surface area (Å²) in [6.07, 6.45) is 12.6. The van der Waals surface area contributed by atoms with E-state index in [1.165, 1.54) is 17.6 Å². The van der Waals surface area contributed by atoms with E-state index in [0.717, 1.165) is 42.9 Å². The van der Waals surface area contributed by atoms with Crippen LogP contribution in [0.15, 0.2) is 57.5 Å². The van der Waals surface area contributed by atoms with Gasteiger partial charge in [0, 0.05) is 37.7 Å². The van der Waals surface area contributed by atoms with Gasteiger partial charge in [-0.1, -0.05) is 71.3 Å². The number of allylic oxidation sites excluding steroid dienone is 2. The van der Waals surface area contributed by atoms with Gasteiger partial charge in [-0.2, -0.15) is 0 Å². The molecular weight excluding hydrogens is 652 g/mol. The first-order valence-corrected chi connectivity index (χ1v) is 19.2. The highest BCUT2D eigenvalue weighted by Gasteiger charge is 2.35. The van der Waals surface area contributed by atoms with Crippen molar-refractivity contribution in [1.82, 2.24) is 9.80 Å². The first-order valence-electron chi connectivity index (χ1n) is 19.2. The molecule has 52 heavy (non-hydrogen) atoms. The first kappa shape index (κ1) is 40.4. The molecule has 2 fully saturated rings. The molecule has 3 unspecified atom stereocenters. The summed E-state index contributed by atoms with van der Waals surface area (Å²) in [6, 6.07) is 7.35. The van der Waals surface area contributed by atoms with E-state index >= 15 is 0 Å². The minimum absolute atomic E-state index is 0.00859. The summed E-state index contributed by atoms with van der Waals surface area (Å²) in [5.41, 5.74) is 5.89. The Balaban J connectivity index is 0.000000797. The smallest absolute Gasteiger partial charge is 0.257 e. The first-order chi connectivity index (χ1) is 25.1. The predicted molar refractivity (Wildman–Crippen MR) is 213 cm³/mol. The van der Waals surface area contributed by atoms with Crippen molar-refractivity contribution in [2.45, 2.75) is 107 Å². The molecule has 0 bridgehead atoms. The Hall–Kier alpha value is -4.40. The zero-order chi connectivity index (χ0) is 37.9. The monoisotopic (exact) mass is 712 g/mol. The van der Waals surface area contributed by atoms with Crippen molar-refractivity contribution >= 4 is 35.6 Å². The molecule has 0 aliphatic carbocycles. The molecule has 4 aliphatic rings. The molecule has 2 saturated heterocycles. The molecule has 0 saturated carbocycles. The zero-order valence-corrected chi connectivity index (χ0v) is 33.1. The van der Waals surface area contributed by atoms with Gasteiger partial charge in [0.25, 0.3) is 11.8 Å². The van der Waals surface area contributed by atoms with Crippen LogP contribution in [0.1, 0.15) is 114 Å². The maximum absolute atomic E-state index is 13.3. The summed E-state index contributed by atoms with van der Waals surface area (Å²) in [4.78, 5) is 39.7. The fraction of sp³-hybridized carbons (Fsp3) is 0.535. The van der Waals surface area contributed by atoms with Crippen molar-refractivity contribution in [3.8, 4) is 17.2 Å². The van der Waals surface area contributed by atoms with E-state index in [4.69, 9.17) is 14.2 Å². The maximum atomic E-state index is 13.3. The standard InChI is InChI=1S/C36H42N4O5.C5H12.C2H6/c1-6-24-13-26-18-37-30-16-32(23(4)12-28(30)35(41)39(26)20-24)44-10-8-22(3)9-11-45-34-17-31-29(15-33(34)43-5)36(42)40-21-25(7-2)14-27(40)19-38-31;1-4-5(2)3;1-2/h6-7,12,15-19,22,26-27H,8-11,13-14,20-21H2,1-5H3;5H,4H2,1-3H3;1-2H3/b24-6+,25-7+;;. The predicted octanol–water partition coefficient (Wildman–Crippen LogP) is 9.71. The van der Waals surface area contributed by atoms with Gasteiger partial charge in [0.05, 0.1) is 54.9 Å². The normalized spacial score (nSPS) is 20.6. The van der Waals surface area contributed by atoms with E-state index in [-0.39, 0.29) is 23.9 Å². The second-order valence-corrected chi connectivity index (χ2v) is 14.2. The third kappa shape index (κ3) is 9.52. The molecule has 4 heterocycles. The van der Waals surface area contributed by atoms with Crippen LogP contribution in [0.3, 0.4) is 0 Å². The molecule has 9 heteroatoms. The summed E-state index contributed by atoms with van der Waals surface area (Å²) in [5.74, 6) is 3.09. The number of nitrogens with zero attached hydrogens (tertiary/aromatic N) is 4. The lowest BCUT2D eigenvalue weighted by molar-refractivity contribution is 0.0770. The van der Waals surface area contributed by atoms with E-state index in [1.54, 1.807) is 13.2 Å². The van der Waals surface area contributed by atoms with E-state index in [0.29, 0.717) is 66.2 Å². The highest BCUT2D eigenvalue weighted by Crippen LogP contribution is 2.39. The number of ether oxygens (including phenoxy) is 3. The van der Waals surface area contributed by atoms with Gasteiger partial charge in [-0.25, -0.2) is 0 Å². The Morgan fingerprint density at radius 3 is 1.69 bits per heavy atom. The van der Waals surface area contributed by atoms with Crippen LogP contribution in [-0.4, -0.2) is 79.5 Å². The Kier molecular flexibility index (Phi) is 14.7. The van der Waals surface area contributed by atoms with E-state index in [9.17, 15) is 9.59 Å². The number of methoxy groups -OCH3 is 1. The zero-order valence-electron chi connectivity index (χ0n) is 33.1. The number of benzene rings is 2. The molecule has 3 atom stereocenters. The maximum Gasteiger partial charge on any atom is 0.257 e. The Morgan fingerprint density at radius 1 is 0.769 bits per heavy atom. The molecule has 0 spiro atoms. The van der Waals surface area contributed by atoms with Crippen molar-refractivity contribution in [2.75, 3.05) is 33.4 Å². The number of aryl methyl sites for hydroxylation is 1. The SMILES string of the molecule is C/C=C1\CC2C=Nc3cc(OCCC(C)CCOc4cc5c(cc4OC)C(=O)N4C/C(=C/C)CC4C=N5)c(C)cc3C(=O)N2C1.CC.CCC(C)C. The van der Waals surface area contributed by atoms with Crippen LogP contribution in [0.5, 0.6) is 17.2 Å². The number of hydrogen-bond acceptors (Lipinski definition) is 7. The molecule has 9 nitrogen and oxygen atoms in total. The number of carbonyl (C=O) groups excluding carboxylic acids is 2. The summed E-state index contributed by atoms with van der Waals surface area (Å²) in [7, 11) is 1.59. The molecule has 0 radical (unpaired) electrons. The number of hydrogen-bond donors (Lipinski definition) is 0. The largest absolute Gasteiger partial charge is 0.493 e. The number of carbonyl (C=O) groups is 2. The van der Waals surface area contributed by atoms with Crippen molar-refractivity contribution in [3.05, 3.63) is 64.3 Å². The fourth-order valence-electron chi connectivity index (χ4n) is 6.43. The van der Waals surface area contributed by atoms with Gasteiger partial charge in [0.1, 0.15) is 5.75 Å². The number of amides is 2.